The molecule has 0 spiro atoms. The predicted molar refractivity (Wildman–Crippen MR) is 154 cm³/mol. The second-order valence-electron chi connectivity index (χ2n) is 9.97. The molecule has 2 aromatic rings. The third-order valence-electron chi connectivity index (χ3n) is 5.60. The predicted octanol–water partition coefficient (Wildman–Crippen LogP) is 10.5. The Balaban J connectivity index is 0. The van der Waals surface area contributed by atoms with Gasteiger partial charge in [-0.15, -0.1) is 0 Å². The highest BCUT2D eigenvalue weighted by Gasteiger charge is 2.12. The van der Waals surface area contributed by atoms with E-state index >= 15 is 0 Å². The number of hydrogen-bond donors (Lipinski definition) is 1. The first kappa shape index (κ1) is 35.4. The number of alkyl halides is 1. The van der Waals surface area contributed by atoms with Gasteiger partial charge in [0.2, 0.25) is 0 Å². The summed E-state index contributed by atoms with van der Waals surface area (Å²) in [5.74, 6) is 0.358. The Kier molecular flexibility index (Phi) is 20.7. The van der Waals surface area contributed by atoms with Gasteiger partial charge in [0, 0.05) is 6.54 Å². The average Bonchev–Trinajstić information content (AvgIpc) is 2.80. The third-order valence-corrected chi connectivity index (χ3v) is 5.60. The van der Waals surface area contributed by atoms with Crippen LogP contribution in [0, 0.1) is 12.7 Å². The second kappa shape index (κ2) is 20.5. The summed E-state index contributed by atoms with van der Waals surface area (Å²) in [7, 11) is 0. The van der Waals surface area contributed by atoms with Gasteiger partial charge >= 0.3 is 0 Å². The van der Waals surface area contributed by atoms with Crippen LogP contribution in [0.1, 0.15) is 135 Å². The highest BCUT2D eigenvalue weighted by atomic mass is 19.1. The van der Waals surface area contributed by atoms with Crippen molar-refractivity contribution < 1.29 is 8.78 Å². The Labute approximate surface area is 216 Å². The summed E-state index contributed by atoms with van der Waals surface area (Å²) in [6.45, 7) is 21.0. The number of unbranched alkanes of at least 4 members (excludes halogenated alkanes) is 1. The fraction of sp³-hybridized carbons (Fsp3) is 0.625. The lowest BCUT2D eigenvalue weighted by Crippen LogP contribution is -2.09. The number of rotatable bonds is 8. The van der Waals surface area contributed by atoms with Crippen LogP contribution in [0.5, 0.6) is 0 Å². The van der Waals surface area contributed by atoms with Gasteiger partial charge in [-0.05, 0) is 85.9 Å². The van der Waals surface area contributed by atoms with E-state index < -0.39 is 5.67 Å². The van der Waals surface area contributed by atoms with Crippen molar-refractivity contribution in [2.24, 2.45) is 5.73 Å². The molecule has 2 N–H and O–H groups in total. The smallest absolute Gasteiger partial charge is 0.123 e. The topological polar surface area (TPSA) is 26.0 Å². The first-order chi connectivity index (χ1) is 16.4. The van der Waals surface area contributed by atoms with Gasteiger partial charge in [0.15, 0.2) is 0 Å². The zero-order valence-electron chi connectivity index (χ0n) is 24.5. The van der Waals surface area contributed by atoms with E-state index in [9.17, 15) is 8.78 Å². The van der Waals surface area contributed by atoms with Gasteiger partial charge in [0.25, 0.3) is 0 Å². The van der Waals surface area contributed by atoms with Gasteiger partial charge in [-0.2, -0.15) is 0 Å². The van der Waals surface area contributed by atoms with Crippen LogP contribution in [0.15, 0.2) is 36.4 Å². The van der Waals surface area contributed by atoms with E-state index in [2.05, 4.69) is 60.6 Å². The molecule has 0 amide bonds. The molecule has 0 aliphatic rings. The minimum atomic E-state index is -0.950. The zero-order valence-corrected chi connectivity index (χ0v) is 24.5. The summed E-state index contributed by atoms with van der Waals surface area (Å²) in [6, 6.07) is 11.2. The summed E-state index contributed by atoms with van der Waals surface area (Å²) in [4.78, 5) is 0. The van der Waals surface area contributed by atoms with Gasteiger partial charge in [0.05, 0.1) is 0 Å². The van der Waals surface area contributed by atoms with Crippen molar-refractivity contribution in [2.75, 3.05) is 0 Å². The van der Waals surface area contributed by atoms with Crippen LogP contribution < -0.4 is 5.73 Å². The maximum absolute atomic E-state index is 13.0. The molecule has 0 heterocycles. The van der Waals surface area contributed by atoms with Crippen molar-refractivity contribution in [1.82, 2.24) is 0 Å². The second-order valence-corrected chi connectivity index (χ2v) is 9.97. The fourth-order valence-corrected chi connectivity index (χ4v) is 3.35. The largest absolute Gasteiger partial charge is 0.326 e. The van der Waals surface area contributed by atoms with Crippen LogP contribution in [-0.4, -0.2) is 5.67 Å². The Bertz CT molecular complexity index is 758. The molecule has 0 radical (unpaired) electrons. The molecule has 0 aromatic heterocycles. The van der Waals surface area contributed by atoms with Gasteiger partial charge in [-0.3, -0.25) is 0 Å². The minimum absolute atomic E-state index is 0.193. The molecule has 2 aromatic carbocycles. The lowest BCUT2D eigenvalue weighted by atomic mass is 9.88. The van der Waals surface area contributed by atoms with Crippen LogP contribution in [0.4, 0.5) is 8.78 Å². The molecule has 2 rings (SSSR count). The van der Waals surface area contributed by atoms with Crippen molar-refractivity contribution in [1.29, 1.82) is 0 Å². The average molecular weight is 492 g/mol. The van der Waals surface area contributed by atoms with Crippen molar-refractivity contribution in [3.8, 4) is 0 Å². The Morgan fingerprint density at radius 2 is 1.37 bits per heavy atom. The first-order valence-corrected chi connectivity index (χ1v) is 13.7. The molecule has 0 aliphatic carbocycles. The van der Waals surface area contributed by atoms with E-state index in [0.29, 0.717) is 18.9 Å². The van der Waals surface area contributed by atoms with E-state index in [0.717, 1.165) is 24.8 Å². The zero-order chi connectivity index (χ0) is 27.4. The molecular weight excluding hydrogens is 436 g/mol. The maximum Gasteiger partial charge on any atom is 0.123 e. The number of halogens is 2. The SMILES string of the molecule is CCC.CCC(C)c1cc(CN)c(Cc2ccc(F)cc2)cc1C.CCCC.CCCC(C)(C)F. The molecule has 0 saturated carbocycles. The fourth-order valence-electron chi connectivity index (χ4n) is 3.35. The van der Waals surface area contributed by atoms with E-state index in [1.807, 2.05) is 19.1 Å². The normalized spacial score (nSPS) is 11.2. The Morgan fingerprint density at radius 1 is 0.857 bits per heavy atom. The Morgan fingerprint density at radius 3 is 1.71 bits per heavy atom. The van der Waals surface area contributed by atoms with E-state index in [-0.39, 0.29) is 5.82 Å². The molecule has 0 aliphatic heterocycles. The summed E-state index contributed by atoms with van der Waals surface area (Å²) in [5.41, 5.74) is 11.2. The molecule has 0 fully saturated rings. The summed E-state index contributed by atoms with van der Waals surface area (Å²) < 4.78 is 25.4. The van der Waals surface area contributed by atoms with Crippen LogP contribution in [0.25, 0.3) is 0 Å². The molecule has 0 saturated heterocycles. The first-order valence-electron chi connectivity index (χ1n) is 13.7. The van der Waals surface area contributed by atoms with E-state index in [4.69, 9.17) is 5.73 Å². The van der Waals surface area contributed by atoms with Crippen LogP contribution in [0.2, 0.25) is 0 Å². The van der Waals surface area contributed by atoms with Crippen LogP contribution in [-0.2, 0) is 13.0 Å². The molecule has 1 atom stereocenters. The van der Waals surface area contributed by atoms with Gasteiger partial charge in [-0.1, -0.05) is 98.4 Å². The molecule has 202 valence electrons. The van der Waals surface area contributed by atoms with Crippen LogP contribution >= 0.6 is 0 Å². The molecule has 3 heteroatoms. The van der Waals surface area contributed by atoms with E-state index in [1.165, 1.54) is 53.6 Å². The summed E-state index contributed by atoms with van der Waals surface area (Å²) in [5, 5.41) is 0. The highest BCUT2D eigenvalue weighted by molar-refractivity contribution is 5.42. The van der Waals surface area contributed by atoms with Crippen LogP contribution in [0.3, 0.4) is 0 Å². The number of benzene rings is 2. The highest BCUT2D eigenvalue weighted by Crippen LogP contribution is 2.27. The van der Waals surface area contributed by atoms with Gasteiger partial charge < -0.3 is 5.73 Å². The van der Waals surface area contributed by atoms with Gasteiger partial charge in [-0.25, -0.2) is 8.78 Å². The maximum atomic E-state index is 13.0. The molecule has 1 nitrogen and oxygen atoms in total. The number of nitrogens with two attached hydrogens (primary N) is 1. The Hall–Kier alpha value is -1.74. The summed E-state index contributed by atoms with van der Waals surface area (Å²) >= 11 is 0. The van der Waals surface area contributed by atoms with Crippen molar-refractivity contribution in [3.05, 3.63) is 70.0 Å². The molecular formula is C32H55F2N. The number of aryl methyl sites for hydroxylation is 1. The van der Waals surface area contributed by atoms with Gasteiger partial charge in [0.1, 0.15) is 11.5 Å². The van der Waals surface area contributed by atoms with E-state index in [1.54, 1.807) is 13.8 Å². The third kappa shape index (κ3) is 17.4. The van der Waals surface area contributed by atoms with Crippen molar-refractivity contribution in [3.63, 3.8) is 0 Å². The summed E-state index contributed by atoms with van der Waals surface area (Å²) in [6.07, 6.45) is 7.42. The lowest BCUT2D eigenvalue weighted by molar-refractivity contribution is 0.200. The molecule has 0 bridgehead atoms. The lowest BCUT2D eigenvalue weighted by Gasteiger charge is -2.17. The quantitative estimate of drug-likeness (QED) is 0.390. The van der Waals surface area contributed by atoms with Crippen molar-refractivity contribution >= 4 is 0 Å². The standard InChI is InChI=1S/C19H24FN.C6H13F.C4H10.C3H8/c1-4-13(2)19-11-17(12-21)16(9-14(19)3)10-15-5-7-18(20)8-6-15;1-4-5-6(2,3)7;1-3-4-2;1-3-2/h5-9,11,13H,4,10,12,21H2,1-3H3;4-5H2,1-3H3;3-4H2,1-2H3;3H2,1-2H3. The minimum Gasteiger partial charge on any atom is -0.326 e. The monoisotopic (exact) mass is 491 g/mol. The molecule has 35 heavy (non-hydrogen) atoms. The number of hydrogen-bond acceptors (Lipinski definition) is 1. The van der Waals surface area contributed by atoms with Crippen molar-refractivity contribution in [2.45, 2.75) is 132 Å². The molecule has 1 unspecified atom stereocenters.